The first-order valence-electron chi connectivity index (χ1n) is 6.06. The average Bonchev–Trinajstić information content (AvgIpc) is 2.70. The number of nitrogens with zero attached hydrogens (tertiary/aromatic N) is 2. The Morgan fingerprint density at radius 1 is 1.50 bits per heavy atom. The quantitative estimate of drug-likeness (QED) is 0.903. The molecule has 0 fully saturated rings. The molecule has 5 heteroatoms. The highest BCUT2D eigenvalue weighted by Crippen LogP contribution is 2.27. The number of ether oxygens (including phenoxy) is 1. The molecule has 1 heterocycles. The van der Waals surface area contributed by atoms with Gasteiger partial charge in [0.15, 0.2) is 0 Å². The maximum atomic E-state index is 6.02. The monoisotopic (exact) mass is 265 g/mol. The zero-order valence-corrected chi connectivity index (χ0v) is 11.8. The number of aromatic nitrogens is 2. The highest BCUT2D eigenvalue weighted by atomic mass is 32.2. The minimum Gasteiger partial charge on any atom is -0.497 e. The molecule has 0 saturated heterocycles. The SMILES string of the molecule is CCSCC(C)n1c(N)nc2ccc(OC)cc21. The van der Waals surface area contributed by atoms with E-state index >= 15 is 0 Å². The minimum atomic E-state index is 0.326. The van der Waals surface area contributed by atoms with Crippen molar-refractivity contribution in [3.05, 3.63) is 18.2 Å². The van der Waals surface area contributed by atoms with E-state index in [1.165, 1.54) is 0 Å². The molecule has 2 rings (SSSR count). The molecule has 0 radical (unpaired) electrons. The largest absolute Gasteiger partial charge is 0.497 e. The number of anilines is 1. The third-order valence-corrected chi connectivity index (χ3v) is 4.05. The predicted octanol–water partition coefficient (Wildman–Crippen LogP) is 2.94. The van der Waals surface area contributed by atoms with Crippen LogP contribution >= 0.6 is 11.8 Å². The van der Waals surface area contributed by atoms with Crippen molar-refractivity contribution < 1.29 is 4.74 Å². The molecule has 1 aromatic carbocycles. The Balaban J connectivity index is 2.44. The molecule has 0 aliphatic rings. The topological polar surface area (TPSA) is 53.1 Å². The Morgan fingerprint density at radius 3 is 2.94 bits per heavy atom. The summed E-state index contributed by atoms with van der Waals surface area (Å²) in [5.74, 6) is 3.55. The normalized spacial score (nSPS) is 12.8. The first-order chi connectivity index (χ1) is 8.67. The second kappa shape index (κ2) is 5.52. The summed E-state index contributed by atoms with van der Waals surface area (Å²) in [6.45, 7) is 4.33. The van der Waals surface area contributed by atoms with Gasteiger partial charge in [0.2, 0.25) is 5.95 Å². The first-order valence-corrected chi connectivity index (χ1v) is 7.22. The number of nitrogen functional groups attached to an aromatic ring is 1. The molecule has 0 amide bonds. The van der Waals surface area contributed by atoms with E-state index in [9.17, 15) is 0 Å². The van der Waals surface area contributed by atoms with E-state index in [0.29, 0.717) is 12.0 Å². The van der Waals surface area contributed by atoms with Gasteiger partial charge >= 0.3 is 0 Å². The molecule has 2 aromatic rings. The van der Waals surface area contributed by atoms with Crippen molar-refractivity contribution in [1.82, 2.24) is 9.55 Å². The van der Waals surface area contributed by atoms with Gasteiger partial charge in [-0.15, -0.1) is 0 Å². The molecule has 0 bridgehead atoms. The van der Waals surface area contributed by atoms with Crippen LogP contribution in [0.4, 0.5) is 5.95 Å². The van der Waals surface area contributed by atoms with Crippen LogP contribution in [-0.4, -0.2) is 28.2 Å². The number of thioether (sulfide) groups is 1. The molecule has 1 aromatic heterocycles. The van der Waals surface area contributed by atoms with E-state index in [-0.39, 0.29) is 0 Å². The zero-order valence-electron chi connectivity index (χ0n) is 11.0. The number of benzene rings is 1. The van der Waals surface area contributed by atoms with E-state index in [1.54, 1.807) is 7.11 Å². The van der Waals surface area contributed by atoms with Gasteiger partial charge in [-0.2, -0.15) is 11.8 Å². The summed E-state index contributed by atoms with van der Waals surface area (Å²) in [6.07, 6.45) is 0. The van der Waals surface area contributed by atoms with Crippen LogP contribution < -0.4 is 10.5 Å². The summed E-state index contributed by atoms with van der Waals surface area (Å²) in [6, 6.07) is 6.17. The smallest absolute Gasteiger partial charge is 0.201 e. The van der Waals surface area contributed by atoms with Gasteiger partial charge in [-0.1, -0.05) is 6.92 Å². The van der Waals surface area contributed by atoms with Crippen LogP contribution in [0.5, 0.6) is 5.75 Å². The molecule has 1 atom stereocenters. The molecular weight excluding hydrogens is 246 g/mol. The lowest BCUT2D eigenvalue weighted by Crippen LogP contribution is -2.11. The summed E-state index contributed by atoms with van der Waals surface area (Å²) < 4.78 is 7.34. The van der Waals surface area contributed by atoms with Gasteiger partial charge in [-0.25, -0.2) is 4.98 Å². The van der Waals surface area contributed by atoms with Crippen molar-refractivity contribution >= 4 is 28.7 Å². The van der Waals surface area contributed by atoms with Crippen molar-refractivity contribution in [3.8, 4) is 5.75 Å². The third-order valence-electron chi connectivity index (χ3n) is 2.93. The number of hydrogen-bond acceptors (Lipinski definition) is 4. The van der Waals surface area contributed by atoms with Crippen LogP contribution in [0.15, 0.2) is 18.2 Å². The molecule has 4 nitrogen and oxygen atoms in total. The van der Waals surface area contributed by atoms with Crippen molar-refractivity contribution in [2.24, 2.45) is 0 Å². The molecule has 1 unspecified atom stereocenters. The number of rotatable bonds is 5. The molecule has 0 aliphatic carbocycles. The van der Waals surface area contributed by atoms with E-state index < -0.39 is 0 Å². The molecule has 98 valence electrons. The Labute approximate surface area is 112 Å². The van der Waals surface area contributed by atoms with E-state index in [0.717, 1.165) is 28.3 Å². The number of methoxy groups -OCH3 is 1. The van der Waals surface area contributed by atoms with Gasteiger partial charge in [-0.05, 0) is 24.8 Å². The summed E-state index contributed by atoms with van der Waals surface area (Å²) in [5.41, 5.74) is 7.98. The van der Waals surface area contributed by atoms with Crippen LogP contribution in [0.2, 0.25) is 0 Å². The third kappa shape index (κ3) is 2.41. The Bertz CT molecular complexity index is 538. The fourth-order valence-corrected chi connectivity index (χ4v) is 2.77. The minimum absolute atomic E-state index is 0.326. The van der Waals surface area contributed by atoms with Gasteiger partial charge < -0.3 is 15.0 Å². The number of imidazole rings is 1. The van der Waals surface area contributed by atoms with Crippen molar-refractivity contribution in [3.63, 3.8) is 0 Å². The molecule has 2 N–H and O–H groups in total. The lowest BCUT2D eigenvalue weighted by Gasteiger charge is -2.15. The second-order valence-corrected chi connectivity index (χ2v) is 5.52. The lowest BCUT2D eigenvalue weighted by atomic mass is 10.2. The summed E-state index contributed by atoms with van der Waals surface area (Å²) >= 11 is 1.91. The Morgan fingerprint density at radius 2 is 2.28 bits per heavy atom. The van der Waals surface area contributed by atoms with Crippen molar-refractivity contribution in [1.29, 1.82) is 0 Å². The molecular formula is C13H19N3OS. The molecule has 0 saturated carbocycles. The molecule has 0 aliphatic heterocycles. The fourth-order valence-electron chi connectivity index (χ4n) is 2.04. The second-order valence-electron chi connectivity index (χ2n) is 4.20. The van der Waals surface area contributed by atoms with E-state index in [2.05, 4.69) is 23.4 Å². The van der Waals surface area contributed by atoms with Crippen LogP contribution in [0, 0.1) is 0 Å². The van der Waals surface area contributed by atoms with Crippen LogP contribution in [0.25, 0.3) is 11.0 Å². The fraction of sp³-hybridized carbons (Fsp3) is 0.462. The number of fused-ring (bicyclic) bond motifs is 1. The first kappa shape index (κ1) is 13.1. The maximum Gasteiger partial charge on any atom is 0.201 e. The van der Waals surface area contributed by atoms with Crippen molar-refractivity contribution in [2.45, 2.75) is 19.9 Å². The van der Waals surface area contributed by atoms with Gasteiger partial charge in [0.25, 0.3) is 0 Å². The molecule has 18 heavy (non-hydrogen) atoms. The van der Waals surface area contributed by atoms with Gasteiger partial charge in [0, 0.05) is 17.9 Å². The number of nitrogens with two attached hydrogens (primary N) is 1. The summed E-state index contributed by atoms with van der Waals surface area (Å²) in [5, 5.41) is 0. The highest BCUT2D eigenvalue weighted by Gasteiger charge is 2.14. The Hall–Kier alpha value is -1.36. The van der Waals surface area contributed by atoms with Crippen LogP contribution in [0.1, 0.15) is 19.9 Å². The van der Waals surface area contributed by atoms with E-state index in [1.807, 2.05) is 30.0 Å². The number of hydrogen-bond donors (Lipinski definition) is 1. The average molecular weight is 265 g/mol. The highest BCUT2D eigenvalue weighted by molar-refractivity contribution is 7.99. The van der Waals surface area contributed by atoms with E-state index in [4.69, 9.17) is 10.5 Å². The maximum absolute atomic E-state index is 6.02. The van der Waals surface area contributed by atoms with Crippen LogP contribution in [-0.2, 0) is 0 Å². The zero-order chi connectivity index (χ0) is 13.1. The van der Waals surface area contributed by atoms with Crippen molar-refractivity contribution in [2.75, 3.05) is 24.3 Å². The van der Waals surface area contributed by atoms with Gasteiger partial charge in [-0.3, -0.25) is 0 Å². The van der Waals surface area contributed by atoms with Gasteiger partial charge in [0.1, 0.15) is 5.75 Å². The predicted molar refractivity (Wildman–Crippen MR) is 78.4 cm³/mol. The standard InChI is InChI=1S/C13H19N3OS/c1-4-18-8-9(2)16-12-7-10(17-3)5-6-11(12)15-13(16)14/h5-7,9H,4,8H2,1-3H3,(H2,14,15). The molecule has 0 spiro atoms. The summed E-state index contributed by atoms with van der Waals surface area (Å²) in [4.78, 5) is 4.39. The van der Waals surface area contributed by atoms with Crippen LogP contribution in [0.3, 0.4) is 0 Å². The lowest BCUT2D eigenvalue weighted by molar-refractivity contribution is 0.415. The van der Waals surface area contributed by atoms with Gasteiger partial charge in [0.05, 0.1) is 18.1 Å². The summed E-state index contributed by atoms with van der Waals surface area (Å²) in [7, 11) is 1.67. The Kier molecular flexibility index (Phi) is 4.01.